The molecule has 0 aliphatic rings. The second-order valence-corrected chi connectivity index (χ2v) is 15.3. The standard InChI is InChI=1S/C57H52FN3O/c1-37(2)50-32-54(43-13-7-5-8-14-43)60-35-45(50)26-23-41-29-40(30-42(31-41)24-27-46-36-61-55(33-51(46)38(3)4)44-15-9-6-10-16-44)22-21-39-25-28-53(59-34-39)49-19-11-17-47-48-18-12-20-52(58)57(48)62-56(47)49/h5-20,25,28-38H,21-24,26-27H2,1-4H3/i20D,21D2,22D2,23D2,24D2,26D2,27D2,37D,38D. The summed E-state index contributed by atoms with van der Waals surface area (Å²) in [5, 5.41) is 0.947. The van der Waals surface area contributed by atoms with Crippen molar-refractivity contribution in [1.82, 2.24) is 15.0 Å². The van der Waals surface area contributed by atoms with E-state index in [0.29, 0.717) is 38.9 Å². The van der Waals surface area contributed by atoms with Gasteiger partial charge in [0.25, 0.3) is 0 Å². The number of para-hydroxylation sites is 2. The molecule has 0 radical (unpaired) electrons. The average molecular weight is 829 g/mol. The minimum Gasteiger partial charge on any atom is -0.452 e. The Kier molecular flexibility index (Phi) is 7.76. The molecule has 4 nitrogen and oxygen atoms in total. The van der Waals surface area contributed by atoms with Crippen molar-refractivity contribution in [3.63, 3.8) is 0 Å². The average Bonchev–Trinajstić information content (AvgIpc) is 3.84. The number of aryl methyl sites for hydroxylation is 6. The van der Waals surface area contributed by atoms with Crippen LogP contribution in [-0.2, 0) is 38.2 Å². The number of halogens is 1. The van der Waals surface area contributed by atoms with Crippen LogP contribution >= 0.6 is 0 Å². The van der Waals surface area contributed by atoms with E-state index in [4.69, 9.17) is 8.53 Å². The molecule has 0 fully saturated rings. The third-order valence-electron chi connectivity index (χ3n) is 10.4. The van der Waals surface area contributed by atoms with Gasteiger partial charge in [-0.3, -0.25) is 15.0 Å². The van der Waals surface area contributed by atoms with E-state index in [1.165, 1.54) is 58.0 Å². The normalized spacial score (nSPS) is 17.0. The van der Waals surface area contributed by atoms with Crippen LogP contribution in [0.5, 0.6) is 0 Å². The summed E-state index contributed by atoms with van der Waals surface area (Å²) in [6.45, 7) is 6.01. The van der Waals surface area contributed by atoms with Gasteiger partial charge < -0.3 is 4.42 Å². The van der Waals surface area contributed by atoms with Crippen LogP contribution in [0.2, 0.25) is 0 Å². The highest BCUT2D eigenvalue weighted by molar-refractivity contribution is 6.09. The van der Waals surface area contributed by atoms with E-state index in [9.17, 15) is 16.4 Å². The highest BCUT2D eigenvalue weighted by atomic mass is 19.1. The smallest absolute Gasteiger partial charge is 0.171 e. The Labute approximate surface area is 385 Å². The van der Waals surface area contributed by atoms with Crippen molar-refractivity contribution in [2.75, 3.05) is 0 Å². The van der Waals surface area contributed by atoms with E-state index in [2.05, 4.69) is 15.0 Å². The zero-order valence-corrected chi connectivity index (χ0v) is 34.6. The highest BCUT2D eigenvalue weighted by Gasteiger charge is 2.17. The number of aromatic nitrogens is 3. The van der Waals surface area contributed by atoms with Crippen molar-refractivity contribution >= 4 is 21.9 Å². The van der Waals surface area contributed by atoms with Crippen LogP contribution in [0.4, 0.5) is 4.39 Å². The second-order valence-electron chi connectivity index (χ2n) is 15.3. The van der Waals surface area contributed by atoms with Gasteiger partial charge in [-0.25, -0.2) is 4.39 Å². The summed E-state index contributed by atoms with van der Waals surface area (Å²) >= 11 is 0. The molecule has 9 rings (SSSR count). The number of nitrogens with zero attached hydrogens (tertiary/aromatic N) is 3. The fraction of sp³-hybridized carbons (Fsp3) is 0.211. The van der Waals surface area contributed by atoms with E-state index in [1.54, 1.807) is 84.9 Å². The van der Waals surface area contributed by atoms with Gasteiger partial charge in [0.1, 0.15) is 5.58 Å². The molecule has 4 heterocycles. The summed E-state index contributed by atoms with van der Waals surface area (Å²) in [4.78, 5) is 13.5. The Hall–Kier alpha value is -6.72. The van der Waals surface area contributed by atoms with Crippen molar-refractivity contribution in [2.24, 2.45) is 0 Å². The SMILES string of the molecule is [2H]c1ccc2c(oc3c(-c4ccc(C([2H])([2H])C([2H])([2H])c5cc(C([2H])([2H])C([2H])([2H])c6cnc(-c7ccccc7)cc6C([2H])(C)C)cc(C([2H])([2H])C([2H])([2H])c6cnc(-c7ccccc7)cc6C([2H])(C)C)c5)cn4)cccc32)c1F. The number of fused-ring (bicyclic) bond motifs is 3. The highest BCUT2D eigenvalue weighted by Crippen LogP contribution is 2.36. The zero-order valence-electron chi connectivity index (χ0n) is 49.6. The molecule has 0 atom stereocenters. The Morgan fingerprint density at radius 2 is 1.02 bits per heavy atom. The summed E-state index contributed by atoms with van der Waals surface area (Å²) in [7, 11) is 0. The monoisotopic (exact) mass is 829 g/mol. The third kappa shape index (κ3) is 8.85. The molecule has 0 unspecified atom stereocenters. The maximum atomic E-state index is 15.0. The fourth-order valence-electron chi connectivity index (χ4n) is 7.30. The predicted molar refractivity (Wildman–Crippen MR) is 253 cm³/mol. The number of hydrogen-bond donors (Lipinski definition) is 0. The van der Waals surface area contributed by atoms with Crippen LogP contribution in [0, 0.1) is 5.82 Å². The van der Waals surface area contributed by atoms with E-state index in [-0.39, 0.29) is 50.7 Å². The Bertz CT molecular complexity index is 3560. The molecule has 0 saturated carbocycles. The van der Waals surface area contributed by atoms with E-state index < -0.39 is 72.5 Å². The van der Waals surface area contributed by atoms with Crippen LogP contribution in [0.1, 0.15) is 105 Å². The number of hydrogen-bond acceptors (Lipinski definition) is 4. The third-order valence-corrected chi connectivity index (χ3v) is 10.4. The first-order valence-electron chi connectivity index (χ1n) is 27.7. The number of benzene rings is 5. The van der Waals surface area contributed by atoms with Crippen LogP contribution in [-0.4, -0.2) is 15.0 Å². The lowest BCUT2D eigenvalue weighted by Gasteiger charge is -2.16. The second kappa shape index (κ2) is 18.1. The predicted octanol–water partition coefficient (Wildman–Crippen LogP) is 14.5. The van der Waals surface area contributed by atoms with Crippen molar-refractivity contribution < 1.29 is 29.4 Å². The van der Waals surface area contributed by atoms with Gasteiger partial charge in [0.05, 0.1) is 18.5 Å². The maximum Gasteiger partial charge on any atom is 0.171 e. The van der Waals surface area contributed by atoms with E-state index in [1.807, 2.05) is 0 Å². The molecule has 0 saturated heterocycles. The minimum absolute atomic E-state index is 0.0635. The summed E-state index contributed by atoms with van der Waals surface area (Å²) in [6, 6.07) is 33.8. The first-order valence-corrected chi connectivity index (χ1v) is 20.2. The summed E-state index contributed by atoms with van der Waals surface area (Å²) < 4.78 is 162. The van der Waals surface area contributed by atoms with E-state index in [0.717, 1.165) is 36.8 Å². The molecule has 5 heteroatoms. The van der Waals surface area contributed by atoms with Gasteiger partial charge in [-0.1, -0.05) is 137 Å². The topological polar surface area (TPSA) is 51.8 Å². The van der Waals surface area contributed by atoms with Crippen LogP contribution in [0.3, 0.4) is 0 Å². The molecule has 5 aromatic carbocycles. The summed E-state index contributed by atoms with van der Waals surface area (Å²) in [6.07, 6.45) is -15.7. The molecule has 0 bridgehead atoms. The molecule has 62 heavy (non-hydrogen) atoms. The molecule has 9 aromatic rings. The molecule has 0 N–H and O–H groups in total. The van der Waals surface area contributed by atoms with Gasteiger partial charge in [0, 0.05) is 65.2 Å². The van der Waals surface area contributed by atoms with Gasteiger partial charge in [0.15, 0.2) is 11.4 Å². The Morgan fingerprint density at radius 1 is 0.516 bits per heavy atom. The molecule has 0 aliphatic carbocycles. The first-order chi connectivity index (χ1) is 35.8. The molecular weight excluding hydrogens is 762 g/mol. The quantitative estimate of drug-likeness (QED) is 0.110. The van der Waals surface area contributed by atoms with Gasteiger partial charge in [-0.05, 0) is 125 Å². The molecule has 0 aliphatic heterocycles. The largest absolute Gasteiger partial charge is 0.452 e. The maximum absolute atomic E-state index is 15.0. The molecule has 4 aromatic heterocycles. The van der Waals surface area contributed by atoms with Gasteiger partial charge in [-0.15, -0.1) is 0 Å². The lowest BCUT2D eigenvalue weighted by Crippen LogP contribution is -2.04. The molecular formula is C57H52FN3O. The first kappa shape index (κ1) is 26.6. The van der Waals surface area contributed by atoms with Gasteiger partial charge in [0.2, 0.25) is 0 Å². The van der Waals surface area contributed by atoms with Crippen molar-refractivity contribution in [3.8, 4) is 33.8 Å². The number of furan rings is 1. The minimum atomic E-state index is -3.27. The van der Waals surface area contributed by atoms with Crippen LogP contribution < -0.4 is 0 Å². The Balaban J connectivity index is 1.20. The van der Waals surface area contributed by atoms with E-state index >= 15 is 4.39 Å². The van der Waals surface area contributed by atoms with Crippen LogP contribution in [0.25, 0.3) is 55.7 Å². The Morgan fingerprint density at radius 3 is 1.55 bits per heavy atom. The van der Waals surface area contributed by atoms with Crippen molar-refractivity contribution in [3.05, 3.63) is 208 Å². The molecule has 308 valence electrons. The lowest BCUT2D eigenvalue weighted by atomic mass is 9.90. The zero-order chi connectivity index (χ0) is 56.1. The van der Waals surface area contributed by atoms with Crippen molar-refractivity contribution in [2.45, 2.75) is 77.7 Å². The van der Waals surface area contributed by atoms with Crippen LogP contribution in [0.15, 0.2) is 163 Å². The number of rotatable bonds is 14. The van der Waals surface area contributed by atoms with Gasteiger partial charge in [-0.2, -0.15) is 0 Å². The van der Waals surface area contributed by atoms with Crippen molar-refractivity contribution in [1.29, 1.82) is 0 Å². The lowest BCUT2D eigenvalue weighted by molar-refractivity contribution is 0.584. The van der Waals surface area contributed by atoms with Gasteiger partial charge >= 0.3 is 0 Å². The molecule has 0 spiro atoms. The fourth-order valence-corrected chi connectivity index (χ4v) is 7.30. The summed E-state index contributed by atoms with van der Waals surface area (Å²) in [5.74, 6) is -3.94. The summed E-state index contributed by atoms with van der Waals surface area (Å²) in [5.41, 5.74) is -0.147. The number of pyridine rings is 3. The molecule has 0 amide bonds.